The van der Waals surface area contributed by atoms with E-state index in [1.54, 1.807) is 0 Å². The van der Waals surface area contributed by atoms with Crippen molar-refractivity contribution in [3.63, 3.8) is 0 Å². The molecular weight excluding hydrogens is 350 g/mol. The average molecular weight is 388 g/mol. The second kappa shape index (κ2) is 13.2. The number of aliphatic imine (C=N–C) groups is 1. The number of likely N-dealkylation sites (tertiary alicyclic amines) is 1. The number of nitrogens with one attached hydrogen (secondary N) is 3. The molecule has 0 unspecified atom stereocenters. The number of rotatable bonds is 10. The molecule has 6 nitrogen and oxygen atoms in total. The van der Waals surface area contributed by atoms with Gasteiger partial charge >= 0.3 is 0 Å². The molecule has 1 fully saturated rings. The van der Waals surface area contributed by atoms with Crippen molar-refractivity contribution in [2.24, 2.45) is 10.9 Å². The Morgan fingerprint density at radius 2 is 1.86 bits per heavy atom. The van der Waals surface area contributed by atoms with Gasteiger partial charge in [0.1, 0.15) is 6.54 Å². The molecule has 28 heavy (non-hydrogen) atoms. The average Bonchev–Trinajstić information content (AvgIpc) is 2.71. The number of carbonyl (C=O) groups excluding carboxylic acids is 1. The zero-order valence-corrected chi connectivity index (χ0v) is 17.5. The fourth-order valence-electron chi connectivity index (χ4n) is 3.33. The first-order valence-electron chi connectivity index (χ1n) is 10.7. The molecule has 1 aliphatic heterocycles. The molecule has 1 amide bonds. The maximum atomic E-state index is 12.0. The van der Waals surface area contributed by atoms with E-state index in [1.165, 1.54) is 31.5 Å². The largest absolute Gasteiger partial charge is 0.357 e. The Bertz CT molecular complexity index is 582. The Morgan fingerprint density at radius 3 is 2.57 bits per heavy atom. The van der Waals surface area contributed by atoms with Gasteiger partial charge in [-0.25, -0.2) is 4.99 Å². The van der Waals surface area contributed by atoms with Gasteiger partial charge in [0.15, 0.2) is 5.96 Å². The molecule has 156 valence electrons. The quantitative estimate of drug-likeness (QED) is 0.326. The molecule has 1 saturated heterocycles. The third-order valence-corrected chi connectivity index (χ3v) is 5.12. The third-order valence-electron chi connectivity index (χ3n) is 5.12. The molecule has 1 aromatic carbocycles. The Morgan fingerprint density at radius 1 is 1.11 bits per heavy atom. The summed E-state index contributed by atoms with van der Waals surface area (Å²) < 4.78 is 0. The van der Waals surface area contributed by atoms with Crippen molar-refractivity contribution in [2.75, 3.05) is 45.8 Å². The number of piperidine rings is 1. The van der Waals surface area contributed by atoms with Crippen molar-refractivity contribution in [1.29, 1.82) is 0 Å². The normalized spacial score (nSPS) is 16.0. The summed E-state index contributed by atoms with van der Waals surface area (Å²) in [5.41, 5.74) is 1.23. The fraction of sp³-hybridized carbons (Fsp3) is 0.636. The zero-order valence-electron chi connectivity index (χ0n) is 17.5. The first-order valence-corrected chi connectivity index (χ1v) is 10.7. The summed E-state index contributed by atoms with van der Waals surface area (Å²) in [5, 5.41) is 9.48. The highest BCUT2D eigenvalue weighted by atomic mass is 16.1. The number of guanidine groups is 1. The molecule has 6 heteroatoms. The molecule has 0 aliphatic carbocycles. The summed E-state index contributed by atoms with van der Waals surface area (Å²) in [6, 6.07) is 10.2. The molecule has 0 saturated carbocycles. The van der Waals surface area contributed by atoms with Crippen molar-refractivity contribution in [1.82, 2.24) is 20.9 Å². The van der Waals surface area contributed by atoms with Gasteiger partial charge < -0.3 is 20.9 Å². The van der Waals surface area contributed by atoms with E-state index in [1.807, 2.05) is 25.1 Å². The van der Waals surface area contributed by atoms with Crippen LogP contribution in [-0.4, -0.2) is 62.6 Å². The zero-order chi connectivity index (χ0) is 20.0. The minimum absolute atomic E-state index is 0.0458. The summed E-state index contributed by atoms with van der Waals surface area (Å²) >= 11 is 0. The molecule has 0 bridgehead atoms. The molecule has 0 spiro atoms. The van der Waals surface area contributed by atoms with Crippen LogP contribution in [0, 0.1) is 5.92 Å². The van der Waals surface area contributed by atoms with Crippen LogP contribution in [-0.2, 0) is 11.2 Å². The van der Waals surface area contributed by atoms with Gasteiger partial charge in [0, 0.05) is 19.6 Å². The van der Waals surface area contributed by atoms with E-state index in [9.17, 15) is 4.79 Å². The van der Waals surface area contributed by atoms with Crippen molar-refractivity contribution in [3.05, 3.63) is 35.9 Å². The molecule has 0 aromatic heterocycles. The van der Waals surface area contributed by atoms with E-state index >= 15 is 0 Å². The number of amides is 1. The molecule has 0 radical (unpaired) electrons. The maximum absolute atomic E-state index is 12.0. The highest BCUT2D eigenvalue weighted by Gasteiger charge is 2.14. The van der Waals surface area contributed by atoms with Crippen LogP contribution in [0.3, 0.4) is 0 Å². The van der Waals surface area contributed by atoms with E-state index in [0.717, 1.165) is 38.4 Å². The van der Waals surface area contributed by atoms with E-state index in [0.29, 0.717) is 12.5 Å². The van der Waals surface area contributed by atoms with E-state index in [4.69, 9.17) is 0 Å². The molecule has 1 aromatic rings. The smallest absolute Gasteiger partial charge is 0.241 e. The summed E-state index contributed by atoms with van der Waals surface area (Å²) in [4.78, 5) is 19.0. The SMILES string of the molecule is CCNC(=NCC(=O)NCCc1ccccc1)NCCCN1CCC(C)CC1. The van der Waals surface area contributed by atoms with Gasteiger partial charge in [0.2, 0.25) is 5.91 Å². The Balaban J connectivity index is 1.61. The van der Waals surface area contributed by atoms with Gasteiger partial charge in [0.25, 0.3) is 0 Å². The first kappa shape index (κ1) is 22.2. The van der Waals surface area contributed by atoms with E-state index in [-0.39, 0.29) is 12.5 Å². The lowest BCUT2D eigenvalue weighted by Gasteiger charge is -2.30. The van der Waals surface area contributed by atoms with Gasteiger partial charge in [-0.05, 0) is 63.7 Å². The first-order chi connectivity index (χ1) is 13.7. The fourth-order valence-corrected chi connectivity index (χ4v) is 3.33. The summed E-state index contributed by atoms with van der Waals surface area (Å²) in [7, 11) is 0. The lowest BCUT2D eigenvalue weighted by molar-refractivity contribution is -0.119. The van der Waals surface area contributed by atoms with Gasteiger partial charge in [0.05, 0.1) is 0 Å². The summed E-state index contributed by atoms with van der Waals surface area (Å²) in [6.45, 7) is 10.4. The number of hydrogen-bond acceptors (Lipinski definition) is 3. The van der Waals surface area contributed by atoms with Crippen LogP contribution in [0.2, 0.25) is 0 Å². The topological polar surface area (TPSA) is 68.8 Å². The summed E-state index contributed by atoms with van der Waals surface area (Å²) in [6.07, 6.45) is 4.56. The third kappa shape index (κ3) is 9.22. The predicted molar refractivity (Wildman–Crippen MR) is 117 cm³/mol. The summed E-state index contributed by atoms with van der Waals surface area (Å²) in [5.74, 6) is 1.55. The highest BCUT2D eigenvalue weighted by molar-refractivity contribution is 5.84. The number of carbonyl (C=O) groups is 1. The van der Waals surface area contributed by atoms with Gasteiger partial charge in [-0.15, -0.1) is 0 Å². The lowest BCUT2D eigenvalue weighted by atomic mass is 9.99. The van der Waals surface area contributed by atoms with Crippen molar-refractivity contribution in [3.8, 4) is 0 Å². The number of nitrogens with zero attached hydrogens (tertiary/aromatic N) is 2. The highest BCUT2D eigenvalue weighted by Crippen LogP contribution is 2.15. The molecule has 3 N–H and O–H groups in total. The van der Waals surface area contributed by atoms with Crippen LogP contribution in [0.25, 0.3) is 0 Å². The van der Waals surface area contributed by atoms with Crippen LogP contribution >= 0.6 is 0 Å². The number of benzene rings is 1. The monoisotopic (exact) mass is 387 g/mol. The number of hydrogen-bond donors (Lipinski definition) is 3. The minimum atomic E-state index is -0.0458. The second-order valence-corrected chi connectivity index (χ2v) is 7.59. The van der Waals surface area contributed by atoms with Crippen LogP contribution in [0.5, 0.6) is 0 Å². The van der Waals surface area contributed by atoms with Crippen molar-refractivity contribution in [2.45, 2.75) is 39.5 Å². The Kier molecular flexibility index (Phi) is 10.4. The second-order valence-electron chi connectivity index (χ2n) is 7.59. The molecule has 0 atom stereocenters. The molecule has 1 heterocycles. The van der Waals surface area contributed by atoms with Crippen molar-refractivity contribution >= 4 is 11.9 Å². The van der Waals surface area contributed by atoms with E-state index in [2.05, 4.69) is 44.9 Å². The maximum Gasteiger partial charge on any atom is 0.241 e. The predicted octanol–water partition coefficient (Wildman–Crippen LogP) is 2.02. The molecule has 2 rings (SSSR count). The van der Waals surface area contributed by atoms with E-state index < -0.39 is 0 Å². The Labute approximate surface area is 170 Å². The lowest BCUT2D eigenvalue weighted by Crippen LogP contribution is -2.40. The minimum Gasteiger partial charge on any atom is -0.357 e. The van der Waals surface area contributed by atoms with Gasteiger partial charge in [-0.1, -0.05) is 37.3 Å². The van der Waals surface area contributed by atoms with Gasteiger partial charge in [-0.2, -0.15) is 0 Å². The van der Waals surface area contributed by atoms with Crippen LogP contribution in [0.15, 0.2) is 35.3 Å². The van der Waals surface area contributed by atoms with Crippen LogP contribution in [0.4, 0.5) is 0 Å². The van der Waals surface area contributed by atoms with Crippen LogP contribution < -0.4 is 16.0 Å². The van der Waals surface area contributed by atoms with Crippen LogP contribution in [0.1, 0.15) is 38.7 Å². The molecular formula is C22H37N5O. The van der Waals surface area contributed by atoms with Crippen molar-refractivity contribution < 1.29 is 4.79 Å². The molecule has 1 aliphatic rings. The standard InChI is InChI=1S/C22H37N5O/c1-3-23-22(25-13-7-15-27-16-11-19(2)12-17-27)26-18-21(28)24-14-10-20-8-5-4-6-9-20/h4-6,8-9,19H,3,7,10-18H2,1-2H3,(H,24,28)(H2,23,25,26). The Hall–Kier alpha value is -2.08. The van der Waals surface area contributed by atoms with Gasteiger partial charge in [-0.3, -0.25) is 4.79 Å².